The van der Waals surface area contributed by atoms with Gasteiger partial charge in [0.15, 0.2) is 0 Å². The fraction of sp³-hybridized carbons (Fsp3) is 0.500. The zero-order chi connectivity index (χ0) is 17.9. The molecule has 0 aliphatic carbocycles. The molecule has 1 aromatic rings. The summed E-state index contributed by atoms with van der Waals surface area (Å²) in [6.45, 7) is 5.50. The van der Waals surface area contributed by atoms with E-state index in [-0.39, 0.29) is 5.92 Å². The number of nitriles is 1. The standard InChI is InChI=1S/C18H22N2O4/c1-18(2,3)24-17(23)20-11-14(9-15(20)16(21)22)8-12-5-4-6-13(7-12)10-19/h4-7,14-15H,8-9,11H2,1-3H3,(H,21,22)/p-1/t14-,15+/m1/s1. The molecule has 0 bridgehead atoms. The maximum absolute atomic E-state index is 12.2. The lowest BCUT2D eigenvalue weighted by Crippen LogP contribution is -2.48. The molecule has 0 spiro atoms. The third-order valence-corrected chi connectivity index (χ3v) is 3.87. The van der Waals surface area contributed by atoms with Crippen LogP contribution in [0.4, 0.5) is 4.79 Å². The zero-order valence-corrected chi connectivity index (χ0v) is 14.1. The van der Waals surface area contributed by atoms with Crippen molar-refractivity contribution in [3.63, 3.8) is 0 Å². The van der Waals surface area contributed by atoms with Gasteiger partial charge in [-0.15, -0.1) is 0 Å². The van der Waals surface area contributed by atoms with Crippen molar-refractivity contribution in [3.8, 4) is 6.07 Å². The molecule has 1 aliphatic rings. The van der Waals surface area contributed by atoms with Crippen molar-refractivity contribution < 1.29 is 19.4 Å². The van der Waals surface area contributed by atoms with Crippen LogP contribution in [0.15, 0.2) is 24.3 Å². The maximum Gasteiger partial charge on any atom is 0.410 e. The molecule has 0 aromatic heterocycles. The SMILES string of the molecule is CC(C)(C)OC(=O)N1C[C@H](Cc2cccc(C#N)c2)C[C@H]1C(=O)[O-]. The molecule has 0 radical (unpaired) electrons. The van der Waals surface area contributed by atoms with E-state index < -0.39 is 23.7 Å². The molecule has 24 heavy (non-hydrogen) atoms. The number of hydrogen-bond acceptors (Lipinski definition) is 5. The van der Waals surface area contributed by atoms with Crippen LogP contribution >= 0.6 is 0 Å². The van der Waals surface area contributed by atoms with Gasteiger partial charge in [0, 0.05) is 6.54 Å². The molecule has 6 nitrogen and oxygen atoms in total. The fourth-order valence-corrected chi connectivity index (χ4v) is 2.92. The molecule has 2 atom stereocenters. The van der Waals surface area contributed by atoms with E-state index in [4.69, 9.17) is 10.00 Å². The number of hydrogen-bond donors (Lipinski definition) is 0. The molecule has 2 rings (SSSR count). The highest BCUT2D eigenvalue weighted by Gasteiger charge is 2.38. The van der Waals surface area contributed by atoms with Gasteiger partial charge in [-0.25, -0.2) is 4.79 Å². The Labute approximate surface area is 141 Å². The third kappa shape index (κ3) is 4.48. The fourth-order valence-electron chi connectivity index (χ4n) is 2.92. The van der Waals surface area contributed by atoms with E-state index in [9.17, 15) is 14.7 Å². The molecule has 1 fully saturated rings. The van der Waals surface area contributed by atoms with Crippen LogP contribution in [-0.2, 0) is 16.0 Å². The van der Waals surface area contributed by atoms with E-state index in [1.807, 2.05) is 6.07 Å². The van der Waals surface area contributed by atoms with Crippen molar-refractivity contribution in [2.45, 2.75) is 45.3 Å². The number of carbonyl (C=O) groups is 2. The summed E-state index contributed by atoms with van der Waals surface area (Å²) in [7, 11) is 0. The number of nitrogens with zero attached hydrogens (tertiary/aromatic N) is 2. The van der Waals surface area contributed by atoms with Crippen molar-refractivity contribution in [3.05, 3.63) is 35.4 Å². The van der Waals surface area contributed by atoms with E-state index in [2.05, 4.69) is 6.07 Å². The third-order valence-electron chi connectivity index (χ3n) is 3.87. The predicted octanol–water partition coefficient (Wildman–Crippen LogP) is 1.48. The second-order valence-corrected chi connectivity index (χ2v) is 7.09. The van der Waals surface area contributed by atoms with E-state index >= 15 is 0 Å². The highest BCUT2D eigenvalue weighted by atomic mass is 16.6. The maximum atomic E-state index is 12.2. The van der Waals surface area contributed by atoms with Crippen LogP contribution in [-0.4, -0.2) is 35.2 Å². The Morgan fingerprint density at radius 1 is 1.42 bits per heavy atom. The predicted molar refractivity (Wildman–Crippen MR) is 84.7 cm³/mol. The lowest BCUT2D eigenvalue weighted by molar-refractivity contribution is -0.310. The van der Waals surface area contributed by atoms with Crippen LogP contribution in [0.1, 0.15) is 38.3 Å². The van der Waals surface area contributed by atoms with E-state index in [0.29, 0.717) is 24.9 Å². The highest BCUT2D eigenvalue weighted by Crippen LogP contribution is 2.28. The number of aliphatic carboxylic acids is 1. The molecule has 0 saturated carbocycles. The largest absolute Gasteiger partial charge is 0.548 e. The molecular formula is C18H21N2O4-. The number of carboxylic acids is 1. The summed E-state index contributed by atoms with van der Waals surface area (Å²) in [4.78, 5) is 24.9. The molecule has 1 saturated heterocycles. The molecule has 0 N–H and O–H groups in total. The first-order valence-electron chi connectivity index (χ1n) is 7.89. The van der Waals surface area contributed by atoms with Crippen molar-refractivity contribution in [2.75, 3.05) is 6.54 Å². The molecule has 6 heteroatoms. The summed E-state index contributed by atoms with van der Waals surface area (Å²) in [5.41, 5.74) is 0.820. The first-order valence-corrected chi connectivity index (χ1v) is 7.89. The minimum absolute atomic E-state index is 0.0191. The normalized spacial score (nSPS) is 20.5. The Balaban J connectivity index is 2.10. The highest BCUT2D eigenvalue weighted by molar-refractivity contribution is 5.79. The Kier molecular flexibility index (Phi) is 5.13. The number of ether oxygens (including phenoxy) is 1. The van der Waals surface area contributed by atoms with Gasteiger partial charge in [-0.1, -0.05) is 12.1 Å². The Morgan fingerprint density at radius 2 is 2.12 bits per heavy atom. The number of benzene rings is 1. The minimum Gasteiger partial charge on any atom is -0.548 e. The topological polar surface area (TPSA) is 93.5 Å². The number of rotatable bonds is 3. The van der Waals surface area contributed by atoms with Crippen molar-refractivity contribution in [2.24, 2.45) is 5.92 Å². The first kappa shape index (κ1) is 17.8. The number of likely N-dealkylation sites (tertiary alicyclic amines) is 1. The summed E-state index contributed by atoms with van der Waals surface area (Å²) < 4.78 is 5.29. The molecular weight excluding hydrogens is 308 g/mol. The van der Waals surface area contributed by atoms with Crippen LogP contribution in [0, 0.1) is 17.2 Å². The summed E-state index contributed by atoms with van der Waals surface area (Å²) in [5.74, 6) is -1.29. The lowest BCUT2D eigenvalue weighted by Gasteiger charge is -2.28. The van der Waals surface area contributed by atoms with Crippen LogP contribution in [0.25, 0.3) is 0 Å². The van der Waals surface area contributed by atoms with Crippen LogP contribution < -0.4 is 5.11 Å². The number of amides is 1. The molecule has 128 valence electrons. The first-order chi connectivity index (χ1) is 11.2. The van der Waals surface area contributed by atoms with Gasteiger partial charge in [-0.3, -0.25) is 4.90 Å². The Bertz CT molecular complexity index is 672. The van der Waals surface area contributed by atoms with Crippen molar-refractivity contribution in [1.82, 2.24) is 4.90 Å². The van der Waals surface area contributed by atoms with Gasteiger partial charge in [0.05, 0.1) is 23.6 Å². The van der Waals surface area contributed by atoms with Crippen molar-refractivity contribution in [1.29, 1.82) is 5.26 Å². The molecule has 1 aromatic carbocycles. The quantitative estimate of drug-likeness (QED) is 0.837. The van der Waals surface area contributed by atoms with Gasteiger partial charge in [0.2, 0.25) is 0 Å². The monoisotopic (exact) mass is 329 g/mol. The molecule has 1 aliphatic heterocycles. The minimum atomic E-state index is -1.27. The average molecular weight is 329 g/mol. The Hall–Kier alpha value is -2.55. The Morgan fingerprint density at radius 3 is 2.71 bits per heavy atom. The number of carbonyl (C=O) groups excluding carboxylic acids is 2. The van der Waals surface area contributed by atoms with Gasteiger partial charge in [-0.05, 0) is 57.2 Å². The second-order valence-electron chi connectivity index (χ2n) is 7.09. The van der Waals surface area contributed by atoms with Gasteiger partial charge >= 0.3 is 6.09 Å². The molecule has 1 heterocycles. The van der Waals surface area contributed by atoms with Crippen LogP contribution in [0.3, 0.4) is 0 Å². The molecule has 0 unspecified atom stereocenters. The summed E-state index contributed by atoms with van der Waals surface area (Å²) in [6.07, 6.45) is 0.279. The van der Waals surface area contributed by atoms with Crippen LogP contribution in [0.2, 0.25) is 0 Å². The van der Waals surface area contributed by atoms with E-state index in [0.717, 1.165) is 5.56 Å². The summed E-state index contributed by atoms with van der Waals surface area (Å²) in [6, 6.07) is 8.29. The smallest absolute Gasteiger partial charge is 0.410 e. The van der Waals surface area contributed by atoms with Gasteiger partial charge in [-0.2, -0.15) is 5.26 Å². The summed E-state index contributed by atoms with van der Waals surface area (Å²) in [5, 5.41) is 20.3. The van der Waals surface area contributed by atoms with Gasteiger partial charge < -0.3 is 14.6 Å². The molecule has 1 amide bonds. The van der Waals surface area contributed by atoms with Gasteiger partial charge in [0.1, 0.15) is 5.60 Å². The average Bonchev–Trinajstić information content (AvgIpc) is 2.90. The van der Waals surface area contributed by atoms with Gasteiger partial charge in [0.25, 0.3) is 0 Å². The summed E-state index contributed by atoms with van der Waals surface area (Å²) >= 11 is 0. The van der Waals surface area contributed by atoms with Crippen LogP contribution in [0.5, 0.6) is 0 Å². The van der Waals surface area contributed by atoms with E-state index in [1.165, 1.54) is 4.90 Å². The second kappa shape index (κ2) is 6.91. The zero-order valence-electron chi connectivity index (χ0n) is 14.1. The number of carboxylic acid groups (broad SMARTS) is 1. The van der Waals surface area contributed by atoms with E-state index in [1.54, 1.807) is 39.0 Å². The lowest BCUT2D eigenvalue weighted by atomic mass is 9.96. The van der Waals surface area contributed by atoms with Crippen molar-refractivity contribution >= 4 is 12.1 Å².